The Hall–Kier alpha value is -0.820. The number of nitrogens with zero attached hydrogens (tertiary/aromatic N) is 1. The first kappa shape index (κ1) is 5.00. The molecule has 0 amide bonds. The molecule has 1 aliphatic heterocycles. The van der Waals surface area contributed by atoms with Gasteiger partial charge in [-0.3, -0.25) is 4.48 Å². The molecule has 1 aromatic carbocycles. The number of quaternary nitrogens is 1. The zero-order chi connectivity index (χ0) is 6.48. The second-order valence-corrected chi connectivity index (χ2v) is 2.94. The van der Waals surface area contributed by atoms with E-state index in [1.165, 1.54) is 11.4 Å². The topological polar surface area (TPSA) is 0 Å². The lowest BCUT2D eigenvalue weighted by molar-refractivity contribution is 0.669. The van der Waals surface area contributed by atoms with Crippen LogP contribution >= 0.6 is 0 Å². The van der Waals surface area contributed by atoms with Crippen LogP contribution in [0.2, 0.25) is 0 Å². The summed E-state index contributed by atoms with van der Waals surface area (Å²) in [6.07, 6.45) is 0. The van der Waals surface area contributed by atoms with Crippen molar-refractivity contribution in [3.63, 3.8) is 0 Å². The minimum Gasteiger partial charge on any atom is -0.253 e. The lowest BCUT2D eigenvalue weighted by Gasteiger charge is -1.98. The van der Waals surface area contributed by atoms with Gasteiger partial charge >= 0.3 is 0 Å². The maximum Gasteiger partial charge on any atom is 0.199 e. The monoisotopic (exact) mass is 120 g/mol. The van der Waals surface area contributed by atoms with Gasteiger partial charge in [-0.25, -0.2) is 0 Å². The zero-order valence-electron chi connectivity index (χ0n) is 5.76. The van der Waals surface area contributed by atoms with Gasteiger partial charge in [0.25, 0.3) is 0 Å². The molecule has 1 heterocycles. The second kappa shape index (κ2) is 1.19. The predicted molar refractivity (Wildman–Crippen MR) is 39.7 cm³/mol. The van der Waals surface area contributed by atoms with Crippen LogP contribution in [-0.2, 0) is 0 Å². The molecule has 1 aromatic rings. The average molecular weight is 120 g/mol. The largest absolute Gasteiger partial charge is 0.253 e. The molecule has 0 bridgehead atoms. The van der Waals surface area contributed by atoms with Crippen LogP contribution in [-0.4, -0.2) is 14.1 Å². The minimum atomic E-state index is 0.993. The fourth-order valence-corrected chi connectivity index (χ4v) is 1.30. The summed E-state index contributed by atoms with van der Waals surface area (Å²) in [6.45, 7) is 0. The van der Waals surface area contributed by atoms with Crippen molar-refractivity contribution in [2.24, 2.45) is 0 Å². The lowest BCUT2D eigenvalue weighted by atomic mass is 10.4. The Kier molecular flexibility index (Phi) is 0.662. The quantitative estimate of drug-likeness (QED) is 0.362. The van der Waals surface area contributed by atoms with E-state index in [0.29, 0.717) is 0 Å². The molecular weight excluding hydrogens is 110 g/mol. The summed E-state index contributed by atoms with van der Waals surface area (Å²) in [4.78, 5) is 0. The number of hydrogen-bond acceptors (Lipinski definition) is 0. The third-order valence-corrected chi connectivity index (χ3v) is 2.04. The third-order valence-electron chi connectivity index (χ3n) is 2.04. The van der Waals surface area contributed by atoms with Gasteiger partial charge in [-0.05, 0) is 0 Å². The highest BCUT2D eigenvalue weighted by Gasteiger charge is 2.44. The van der Waals surface area contributed by atoms with Crippen LogP contribution in [0.15, 0.2) is 24.3 Å². The first-order valence-electron chi connectivity index (χ1n) is 3.17. The molecule has 0 N–H and O–H groups in total. The Morgan fingerprint density at radius 2 is 1.44 bits per heavy atom. The van der Waals surface area contributed by atoms with E-state index < -0.39 is 0 Å². The highest BCUT2D eigenvalue weighted by molar-refractivity contribution is 5.85. The third kappa shape index (κ3) is 0.473. The number of hydrogen-bond donors (Lipinski definition) is 0. The molecule has 0 spiro atoms. The van der Waals surface area contributed by atoms with Gasteiger partial charge in [-0.1, -0.05) is 12.1 Å². The Morgan fingerprint density at radius 3 is 1.78 bits per heavy atom. The maximum atomic E-state index is 2.20. The van der Waals surface area contributed by atoms with E-state index in [0.717, 1.165) is 4.48 Å². The number of para-hydroxylation sites is 2. The standard InChI is InChI=1S/C8H10N/c1-9(2)7-5-3-4-6-8(7)9/h3-6H,1-2H3/q+1. The fraction of sp³-hybridized carbons (Fsp3) is 0.250. The number of fused-ring (bicyclic) bond motifs is 1. The molecule has 2 rings (SSSR count). The van der Waals surface area contributed by atoms with E-state index in [2.05, 4.69) is 38.4 Å². The van der Waals surface area contributed by atoms with Crippen molar-refractivity contribution in [3.8, 4) is 0 Å². The van der Waals surface area contributed by atoms with Gasteiger partial charge in [-0.15, -0.1) is 0 Å². The van der Waals surface area contributed by atoms with Crippen molar-refractivity contribution in [2.75, 3.05) is 14.1 Å². The van der Waals surface area contributed by atoms with E-state index in [4.69, 9.17) is 0 Å². The van der Waals surface area contributed by atoms with Crippen LogP contribution in [0, 0.1) is 0 Å². The van der Waals surface area contributed by atoms with Gasteiger partial charge < -0.3 is 0 Å². The van der Waals surface area contributed by atoms with Gasteiger partial charge in [-0.2, -0.15) is 0 Å². The van der Waals surface area contributed by atoms with Crippen molar-refractivity contribution in [3.05, 3.63) is 24.3 Å². The molecule has 46 valence electrons. The molecule has 1 heteroatoms. The Bertz CT molecular complexity index is 225. The molecule has 0 saturated heterocycles. The highest BCUT2D eigenvalue weighted by Crippen LogP contribution is 2.52. The van der Waals surface area contributed by atoms with Crippen molar-refractivity contribution in [1.82, 2.24) is 4.48 Å². The molecule has 0 unspecified atom stereocenters. The SMILES string of the molecule is C[N+]1(C)c2ccccc21. The van der Waals surface area contributed by atoms with Gasteiger partial charge in [0.2, 0.25) is 0 Å². The molecule has 0 radical (unpaired) electrons. The van der Waals surface area contributed by atoms with Crippen LogP contribution in [0.1, 0.15) is 0 Å². The number of rotatable bonds is 0. The van der Waals surface area contributed by atoms with Crippen LogP contribution in [0.3, 0.4) is 0 Å². The Morgan fingerprint density at radius 1 is 1.00 bits per heavy atom. The summed E-state index contributed by atoms with van der Waals surface area (Å²) in [6, 6.07) is 8.53. The molecule has 0 aromatic heterocycles. The first-order valence-corrected chi connectivity index (χ1v) is 3.17. The van der Waals surface area contributed by atoms with Gasteiger partial charge in [0.15, 0.2) is 11.4 Å². The van der Waals surface area contributed by atoms with Gasteiger partial charge in [0.05, 0.1) is 14.1 Å². The summed E-state index contributed by atoms with van der Waals surface area (Å²) in [5, 5.41) is 0. The molecule has 0 saturated carbocycles. The summed E-state index contributed by atoms with van der Waals surface area (Å²) in [5.41, 5.74) is 2.91. The molecular formula is C8H10N+. The molecule has 0 atom stereocenters. The van der Waals surface area contributed by atoms with Crippen LogP contribution in [0.5, 0.6) is 0 Å². The second-order valence-electron chi connectivity index (χ2n) is 2.94. The summed E-state index contributed by atoms with van der Waals surface area (Å²) < 4.78 is 0.993. The number of benzene rings is 1. The van der Waals surface area contributed by atoms with Crippen molar-refractivity contribution < 1.29 is 0 Å². The van der Waals surface area contributed by atoms with Crippen LogP contribution in [0.25, 0.3) is 0 Å². The lowest BCUT2D eigenvalue weighted by Crippen LogP contribution is -2.15. The van der Waals surface area contributed by atoms with Crippen molar-refractivity contribution >= 4 is 11.4 Å². The van der Waals surface area contributed by atoms with E-state index in [-0.39, 0.29) is 0 Å². The molecule has 0 fully saturated rings. The van der Waals surface area contributed by atoms with Gasteiger partial charge in [0, 0.05) is 12.1 Å². The zero-order valence-corrected chi connectivity index (χ0v) is 5.76. The van der Waals surface area contributed by atoms with Gasteiger partial charge in [0.1, 0.15) is 0 Å². The highest BCUT2D eigenvalue weighted by atomic mass is 15.4. The summed E-state index contributed by atoms with van der Waals surface area (Å²) in [7, 11) is 4.40. The minimum absolute atomic E-state index is 0.993. The normalized spacial score (nSPS) is 18.9. The molecule has 9 heavy (non-hydrogen) atoms. The van der Waals surface area contributed by atoms with Crippen LogP contribution in [0.4, 0.5) is 11.4 Å². The van der Waals surface area contributed by atoms with Crippen LogP contribution < -0.4 is 4.48 Å². The predicted octanol–water partition coefficient (Wildman–Crippen LogP) is 1.90. The van der Waals surface area contributed by atoms with E-state index in [1.54, 1.807) is 0 Å². The Labute approximate surface area is 55.1 Å². The smallest absolute Gasteiger partial charge is 0.199 e. The van der Waals surface area contributed by atoms with Crippen molar-refractivity contribution in [1.29, 1.82) is 0 Å². The van der Waals surface area contributed by atoms with E-state index >= 15 is 0 Å². The maximum absolute atomic E-state index is 2.20. The van der Waals surface area contributed by atoms with Crippen molar-refractivity contribution in [2.45, 2.75) is 0 Å². The summed E-state index contributed by atoms with van der Waals surface area (Å²) >= 11 is 0. The van der Waals surface area contributed by atoms with E-state index in [1.807, 2.05) is 0 Å². The first-order chi connectivity index (χ1) is 4.23. The molecule has 1 aliphatic rings. The molecule has 1 nitrogen and oxygen atoms in total. The Balaban J connectivity index is 2.58. The van der Waals surface area contributed by atoms with E-state index in [9.17, 15) is 0 Å². The fourth-order valence-electron chi connectivity index (χ4n) is 1.30. The molecule has 0 aliphatic carbocycles. The summed E-state index contributed by atoms with van der Waals surface area (Å²) in [5.74, 6) is 0. The average Bonchev–Trinajstić information content (AvgIpc) is 2.39.